The number of aromatic nitrogens is 1. The molecular formula is C10H14N2O2. The van der Waals surface area contributed by atoms with Gasteiger partial charge in [0.25, 0.3) is 0 Å². The maximum Gasteiger partial charge on any atom is 0.311 e. The first-order valence-corrected chi connectivity index (χ1v) is 4.50. The van der Waals surface area contributed by atoms with Crippen LogP contribution in [0.3, 0.4) is 0 Å². The number of esters is 1. The summed E-state index contributed by atoms with van der Waals surface area (Å²) in [5.74, 6) is -0.257. The third-order valence-electron chi connectivity index (χ3n) is 1.82. The minimum Gasteiger partial charge on any atom is -0.466 e. The molecule has 0 aliphatic heterocycles. The van der Waals surface area contributed by atoms with E-state index in [1.165, 1.54) is 0 Å². The number of rotatable bonds is 3. The van der Waals surface area contributed by atoms with Crippen molar-refractivity contribution in [3.63, 3.8) is 0 Å². The summed E-state index contributed by atoms with van der Waals surface area (Å²) in [4.78, 5) is 15.2. The van der Waals surface area contributed by atoms with Crippen molar-refractivity contribution in [1.29, 1.82) is 0 Å². The molecule has 0 aliphatic carbocycles. The van der Waals surface area contributed by atoms with Gasteiger partial charge in [-0.1, -0.05) is 0 Å². The van der Waals surface area contributed by atoms with Crippen molar-refractivity contribution in [2.24, 2.45) is 0 Å². The molecule has 2 N–H and O–H groups in total. The first-order chi connectivity index (χ1) is 6.63. The maximum atomic E-state index is 11.2. The van der Waals surface area contributed by atoms with Gasteiger partial charge in [0, 0.05) is 0 Å². The molecule has 0 atom stereocenters. The minimum absolute atomic E-state index is 0.208. The molecule has 0 fully saturated rings. The Bertz CT molecular complexity index is 337. The molecule has 0 saturated heterocycles. The molecular weight excluding hydrogens is 180 g/mol. The molecule has 0 amide bonds. The normalized spacial score (nSPS) is 9.86. The van der Waals surface area contributed by atoms with Crippen LogP contribution in [-0.2, 0) is 16.0 Å². The summed E-state index contributed by atoms with van der Waals surface area (Å²) < 4.78 is 4.82. The molecule has 0 aromatic carbocycles. The molecule has 0 unspecified atom stereocenters. The molecule has 1 rings (SSSR count). The van der Waals surface area contributed by atoms with Gasteiger partial charge in [-0.25, -0.2) is 0 Å². The lowest BCUT2D eigenvalue weighted by Gasteiger charge is -2.04. The molecule has 0 radical (unpaired) electrons. The fraction of sp³-hybridized carbons (Fsp3) is 0.400. The average Bonchev–Trinajstić information content (AvgIpc) is 2.10. The number of nitrogens with zero attached hydrogens (tertiary/aromatic N) is 1. The van der Waals surface area contributed by atoms with Crippen LogP contribution in [0.1, 0.15) is 18.2 Å². The Balaban J connectivity index is 2.72. The van der Waals surface area contributed by atoms with E-state index in [1.54, 1.807) is 19.2 Å². The number of ether oxygens (including phenoxy) is 1. The molecule has 1 heterocycles. The van der Waals surface area contributed by atoms with Crippen LogP contribution in [0.4, 0.5) is 5.69 Å². The Hall–Kier alpha value is -1.58. The molecule has 1 aromatic heterocycles. The van der Waals surface area contributed by atoms with E-state index in [9.17, 15) is 4.79 Å². The zero-order chi connectivity index (χ0) is 10.6. The molecule has 0 saturated carbocycles. The summed E-state index contributed by atoms with van der Waals surface area (Å²) in [7, 11) is 0. The molecule has 0 bridgehead atoms. The SMILES string of the molecule is CCOC(=O)Cc1ncc(N)cc1C. The predicted octanol–water partition coefficient (Wildman–Crippen LogP) is 1.08. The van der Waals surface area contributed by atoms with Gasteiger partial charge in [0.05, 0.1) is 30.6 Å². The second-order valence-corrected chi connectivity index (χ2v) is 3.01. The van der Waals surface area contributed by atoms with Crippen molar-refractivity contribution < 1.29 is 9.53 Å². The number of pyridine rings is 1. The first-order valence-electron chi connectivity index (χ1n) is 4.50. The van der Waals surface area contributed by atoms with Gasteiger partial charge in [-0.2, -0.15) is 0 Å². The van der Waals surface area contributed by atoms with Crippen LogP contribution < -0.4 is 5.73 Å². The lowest BCUT2D eigenvalue weighted by molar-refractivity contribution is -0.142. The van der Waals surface area contributed by atoms with Crippen molar-refractivity contribution in [2.75, 3.05) is 12.3 Å². The number of carbonyl (C=O) groups excluding carboxylic acids is 1. The summed E-state index contributed by atoms with van der Waals surface area (Å²) in [5, 5.41) is 0. The highest BCUT2D eigenvalue weighted by Crippen LogP contribution is 2.09. The van der Waals surface area contributed by atoms with Crippen molar-refractivity contribution in [3.05, 3.63) is 23.5 Å². The minimum atomic E-state index is -0.257. The number of carbonyl (C=O) groups is 1. The lowest BCUT2D eigenvalue weighted by Crippen LogP contribution is -2.10. The highest BCUT2D eigenvalue weighted by atomic mass is 16.5. The monoisotopic (exact) mass is 194 g/mol. The average molecular weight is 194 g/mol. The van der Waals surface area contributed by atoms with Gasteiger partial charge in [0.15, 0.2) is 0 Å². The summed E-state index contributed by atoms with van der Waals surface area (Å²) in [5.41, 5.74) is 7.78. The van der Waals surface area contributed by atoms with Crippen molar-refractivity contribution in [2.45, 2.75) is 20.3 Å². The van der Waals surface area contributed by atoms with Crippen LogP contribution in [0.25, 0.3) is 0 Å². The zero-order valence-corrected chi connectivity index (χ0v) is 8.41. The standard InChI is InChI=1S/C10H14N2O2/c1-3-14-10(13)5-9-7(2)4-8(11)6-12-9/h4,6H,3,5,11H2,1-2H3. The van der Waals surface area contributed by atoms with E-state index < -0.39 is 0 Å². The van der Waals surface area contributed by atoms with Gasteiger partial charge >= 0.3 is 5.97 Å². The Morgan fingerprint density at radius 2 is 2.36 bits per heavy atom. The van der Waals surface area contributed by atoms with Gasteiger partial charge in [0.1, 0.15) is 0 Å². The van der Waals surface area contributed by atoms with Crippen molar-refractivity contribution in [1.82, 2.24) is 4.98 Å². The predicted molar refractivity (Wildman–Crippen MR) is 53.7 cm³/mol. The Kier molecular flexibility index (Phi) is 3.45. The topological polar surface area (TPSA) is 65.2 Å². The van der Waals surface area contributed by atoms with Gasteiger partial charge in [-0.15, -0.1) is 0 Å². The second kappa shape index (κ2) is 4.60. The molecule has 14 heavy (non-hydrogen) atoms. The van der Waals surface area contributed by atoms with Crippen LogP contribution in [0, 0.1) is 6.92 Å². The summed E-state index contributed by atoms with van der Waals surface area (Å²) in [6.07, 6.45) is 1.75. The van der Waals surface area contributed by atoms with Crippen LogP contribution in [0.2, 0.25) is 0 Å². The van der Waals surface area contributed by atoms with Gasteiger partial charge < -0.3 is 10.5 Å². The molecule has 0 aliphatic rings. The van der Waals surface area contributed by atoms with Crippen LogP contribution in [-0.4, -0.2) is 17.6 Å². The van der Waals surface area contributed by atoms with Crippen molar-refractivity contribution in [3.8, 4) is 0 Å². The van der Waals surface area contributed by atoms with E-state index in [1.807, 2.05) is 6.92 Å². The van der Waals surface area contributed by atoms with E-state index in [2.05, 4.69) is 4.98 Å². The van der Waals surface area contributed by atoms with Crippen LogP contribution >= 0.6 is 0 Å². The smallest absolute Gasteiger partial charge is 0.311 e. The number of nitrogen functional groups attached to an aromatic ring is 1. The maximum absolute atomic E-state index is 11.2. The van der Waals surface area contributed by atoms with E-state index >= 15 is 0 Å². The Morgan fingerprint density at radius 3 is 2.93 bits per heavy atom. The molecule has 4 nitrogen and oxygen atoms in total. The third-order valence-corrected chi connectivity index (χ3v) is 1.82. The number of hydrogen-bond acceptors (Lipinski definition) is 4. The fourth-order valence-corrected chi connectivity index (χ4v) is 1.16. The van der Waals surface area contributed by atoms with Gasteiger partial charge in [-0.05, 0) is 25.5 Å². The number of nitrogens with two attached hydrogens (primary N) is 1. The third kappa shape index (κ3) is 2.73. The second-order valence-electron chi connectivity index (χ2n) is 3.01. The van der Waals surface area contributed by atoms with Gasteiger partial charge in [0.2, 0.25) is 0 Å². The molecule has 1 aromatic rings. The van der Waals surface area contributed by atoms with E-state index in [0.717, 1.165) is 11.3 Å². The van der Waals surface area contributed by atoms with E-state index in [4.69, 9.17) is 10.5 Å². The number of aryl methyl sites for hydroxylation is 1. The highest BCUT2D eigenvalue weighted by Gasteiger charge is 2.07. The van der Waals surface area contributed by atoms with E-state index in [0.29, 0.717) is 12.3 Å². The summed E-state index contributed by atoms with van der Waals surface area (Å²) >= 11 is 0. The Morgan fingerprint density at radius 1 is 1.64 bits per heavy atom. The first kappa shape index (κ1) is 10.5. The lowest BCUT2D eigenvalue weighted by atomic mass is 10.1. The van der Waals surface area contributed by atoms with Crippen LogP contribution in [0.15, 0.2) is 12.3 Å². The zero-order valence-electron chi connectivity index (χ0n) is 8.41. The van der Waals surface area contributed by atoms with Crippen LogP contribution in [0.5, 0.6) is 0 Å². The van der Waals surface area contributed by atoms with Gasteiger partial charge in [-0.3, -0.25) is 9.78 Å². The summed E-state index contributed by atoms with van der Waals surface area (Å²) in [6, 6.07) is 1.79. The highest BCUT2D eigenvalue weighted by molar-refractivity contribution is 5.72. The van der Waals surface area contributed by atoms with Crippen molar-refractivity contribution >= 4 is 11.7 Å². The fourth-order valence-electron chi connectivity index (χ4n) is 1.16. The number of anilines is 1. The molecule has 4 heteroatoms. The Labute approximate surface area is 83.1 Å². The van der Waals surface area contributed by atoms with E-state index in [-0.39, 0.29) is 12.4 Å². The largest absolute Gasteiger partial charge is 0.466 e. The quantitative estimate of drug-likeness (QED) is 0.731. The molecule has 76 valence electrons. The number of hydrogen-bond donors (Lipinski definition) is 1. The summed E-state index contributed by atoms with van der Waals surface area (Å²) in [6.45, 7) is 4.05. The molecule has 0 spiro atoms.